The van der Waals surface area contributed by atoms with E-state index in [4.69, 9.17) is 0 Å². The number of pyridine rings is 1. The van der Waals surface area contributed by atoms with Gasteiger partial charge in [-0.05, 0) is 57.2 Å². The van der Waals surface area contributed by atoms with E-state index in [9.17, 15) is 14.0 Å². The van der Waals surface area contributed by atoms with Gasteiger partial charge in [-0.1, -0.05) is 0 Å². The molecule has 6 heteroatoms. The standard InChI is InChI=1S/C21H24FN3O2/c1-14-12-17(16-8-7-15(22)13-18(16)23-14)20(26)25-11-3-2-6-19(25)21(27)24-9-4-5-10-24/h7-8,12-13,19H,2-6,9-11H2,1H3. The van der Waals surface area contributed by atoms with E-state index < -0.39 is 6.04 Å². The first-order chi connectivity index (χ1) is 13.0. The summed E-state index contributed by atoms with van der Waals surface area (Å²) >= 11 is 0. The van der Waals surface area contributed by atoms with Gasteiger partial charge in [0.2, 0.25) is 5.91 Å². The van der Waals surface area contributed by atoms with Gasteiger partial charge in [-0.25, -0.2) is 4.39 Å². The Labute approximate surface area is 158 Å². The van der Waals surface area contributed by atoms with Crippen LogP contribution in [-0.2, 0) is 4.79 Å². The van der Waals surface area contributed by atoms with Crippen molar-refractivity contribution in [2.75, 3.05) is 19.6 Å². The molecule has 142 valence electrons. The highest BCUT2D eigenvalue weighted by Crippen LogP contribution is 2.26. The highest BCUT2D eigenvalue weighted by Gasteiger charge is 2.36. The number of aryl methyl sites for hydroxylation is 1. The van der Waals surface area contributed by atoms with Gasteiger partial charge in [0.1, 0.15) is 11.9 Å². The molecule has 2 aliphatic heterocycles. The van der Waals surface area contributed by atoms with Crippen molar-refractivity contribution >= 4 is 22.7 Å². The number of carbonyl (C=O) groups is 2. The number of hydrogen-bond acceptors (Lipinski definition) is 3. The van der Waals surface area contributed by atoms with Gasteiger partial charge in [-0.15, -0.1) is 0 Å². The van der Waals surface area contributed by atoms with E-state index in [2.05, 4.69) is 4.98 Å². The van der Waals surface area contributed by atoms with Gasteiger partial charge in [0.15, 0.2) is 0 Å². The number of nitrogens with zero attached hydrogens (tertiary/aromatic N) is 3. The highest BCUT2D eigenvalue weighted by molar-refractivity contribution is 6.07. The fourth-order valence-corrected chi connectivity index (χ4v) is 4.25. The van der Waals surface area contributed by atoms with E-state index in [1.165, 1.54) is 12.1 Å². The third-order valence-electron chi connectivity index (χ3n) is 5.60. The van der Waals surface area contributed by atoms with Crippen molar-refractivity contribution in [2.45, 2.75) is 45.1 Å². The van der Waals surface area contributed by atoms with Crippen molar-refractivity contribution in [3.63, 3.8) is 0 Å². The monoisotopic (exact) mass is 369 g/mol. The molecule has 0 saturated carbocycles. The first-order valence-corrected chi connectivity index (χ1v) is 9.71. The number of piperidine rings is 1. The zero-order valence-corrected chi connectivity index (χ0v) is 15.6. The molecule has 1 aromatic heterocycles. The second-order valence-corrected chi connectivity index (χ2v) is 7.52. The van der Waals surface area contributed by atoms with Crippen LogP contribution in [0, 0.1) is 12.7 Å². The lowest BCUT2D eigenvalue weighted by atomic mass is 9.98. The molecule has 5 nitrogen and oxygen atoms in total. The Morgan fingerprint density at radius 2 is 1.81 bits per heavy atom. The molecular weight excluding hydrogens is 345 g/mol. The van der Waals surface area contributed by atoms with Crippen molar-refractivity contribution < 1.29 is 14.0 Å². The Morgan fingerprint density at radius 3 is 2.59 bits per heavy atom. The summed E-state index contributed by atoms with van der Waals surface area (Å²) in [6.45, 7) is 3.94. The molecule has 1 atom stereocenters. The lowest BCUT2D eigenvalue weighted by molar-refractivity contribution is -0.136. The van der Waals surface area contributed by atoms with Gasteiger partial charge in [-0.2, -0.15) is 0 Å². The van der Waals surface area contributed by atoms with E-state index in [-0.39, 0.29) is 17.6 Å². The van der Waals surface area contributed by atoms with E-state index in [1.54, 1.807) is 24.0 Å². The number of amides is 2. The minimum Gasteiger partial charge on any atom is -0.341 e. The summed E-state index contributed by atoms with van der Waals surface area (Å²) in [5, 5.41) is 0.630. The summed E-state index contributed by atoms with van der Waals surface area (Å²) < 4.78 is 13.6. The molecule has 4 rings (SSSR count). The number of rotatable bonds is 2. The largest absolute Gasteiger partial charge is 0.341 e. The van der Waals surface area contributed by atoms with E-state index in [1.807, 2.05) is 4.90 Å². The zero-order chi connectivity index (χ0) is 19.0. The summed E-state index contributed by atoms with van der Waals surface area (Å²) in [5.74, 6) is -0.463. The van der Waals surface area contributed by atoms with Crippen LogP contribution in [0.25, 0.3) is 10.9 Å². The van der Waals surface area contributed by atoms with Crippen LogP contribution < -0.4 is 0 Å². The third-order valence-corrected chi connectivity index (χ3v) is 5.60. The normalized spacial score (nSPS) is 20.3. The van der Waals surface area contributed by atoms with Crippen LogP contribution in [-0.4, -0.2) is 52.3 Å². The average molecular weight is 369 g/mol. The number of hydrogen-bond donors (Lipinski definition) is 0. The molecule has 3 heterocycles. The van der Waals surface area contributed by atoms with Crippen LogP contribution >= 0.6 is 0 Å². The van der Waals surface area contributed by atoms with Crippen LogP contribution in [0.1, 0.15) is 48.2 Å². The maximum atomic E-state index is 13.6. The molecule has 1 aromatic carbocycles. The number of aromatic nitrogens is 1. The lowest BCUT2D eigenvalue weighted by Gasteiger charge is -2.37. The summed E-state index contributed by atoms with van der Waals surface area (Å²) in [5.41, 5.74) is 1.63. The Kier molecular flexibility index (Phi) is 4.81. The lowest BCUT2D eigenvalue weighted by Crippen LogP contribution is -2.52. The van der Waals surface area contributed by atoms with Gasteiger partial charge < -0.3 is 9.80 Å². The summed E-state index contributed by atoms with van der Waals surface area (Å²) in [7, 11) is 0. The summed E-state index contributed by atoms with van der Waals surface area (Å²) in [4.78, 5) is 34.4. The van der Waals surface area contributed by atoms with Crippen molar-refractivity contribution in [3.8, 4) is 0 Å². The predicted molar refractivity (Wildman–Crippen MR) is 101 cm³/mol. The van der Waals surface area contributed by atoms with Crippen LogP contribution in [0.3, 0.4) is 0 Å². The van der Waals surface area contributed by atoms with Gasteiger partial charge in [-0.3, -0.25) is 14.6 Å². The van der Waals surface area contributed by atoms with Crippen LogP contribution in [0.15, 0.2) is 24.3 Å². The van der Waals surface area contributed by atoms with Gasteiger partial charge in [0.05, 0.1) is 11.1 Å². The van der Waals surface area contributed by atoms with Crippen LogP contribution in [0.4, 0.5) is 4.39 Å². The molecule has 2 aliphatic rings. The van der Waals surface area contributed by atoms with E-state index in [0.29, 0.717) is 35.1 Å². The fourth-order valence-electron chi connectivity index (χ4n) is 4.25. The number of likely N-dealkylation sites (tertiary alicyclic amines) is 2. The predicted octanol–water partition coefficient (Wildman–Crippen LogP) is 3.30. The van der Waals surface area contributed by atoms with Crippen molar-refractivity contribution in [3.05, 3.63) is 41.3 Å². The molecule has 0 aliphatic carbocycles. The topological polar surface area (TPSA) is 53.5 Å². The maximum Gasteiger partial charge on any atom is 0.255 e. The molecule has 1 unspecified atom stereocenters. The summed E-state index contributed by atoms with van der Waals surface area (Å²) in [6.07, 6.45) is 4.62. The molecule has 2 saturated heterocycles. The molecule has 27 heavy (non-hydrogen) atoms. The molecule has 0 N–H and O–H groups in total. The van der Waals surface area contributed by atoms with Crippen LogP contribution in [0.5, 0.6) is 0 Å². The fraction of sp³-hybridized carbons (Fsp3) is 0.476. The molecule has 2 aromatic rings. The number of benzene rings is 1. The van der Waals surface area contributed by atoms with E-state index >= 15 is 0 Å². The second-order valence-electron chi connectivity index (χ2n) is 7.52. The van der Waals surface area contributed by atoms with Gasteiger partial charge in [0.25, 0.3) is 5.91 Å². The maximum absolute atomic E-state index is 13.6. The number of carbonyl (C=O) groups excluding carboxylic acids is 2. The Bertz CT molecular complexity index is 887. The molecular formula is C21H24FN3O2. The Hall–Kier alpha value is -2.50. The average Bonchev–Trinajstić information content (AvgIpc) is 3.20. The quantitative estimate of drug-likeness (QED) is 0.816. The third kappa shape index (κ3) is 3.40. The van der Waals surface area contributed by atoms with Crippen molar-refractivity contribution in [1.82, 2.24) is 14.8 Å². The summed E-state index contributed by atoms with van der Waals surface area (Å²) in [6, 6.07) is 5.65. The Balaban J connectivity index is 1.70. The molecule has 0 spiro atoms. The SMILES string of the molecule is Cc1cc(C(=O)N2CCCCC2C(=O)N2CCCC2)c2ccc(F)cc2n1. The second kappa shape index (κ2) is 7.25. The minimum absolute atomic E-state index is 0.0710. The molecule has 0 bridgehead atoms. The minimum atomic E-state index is -0.395. The molecule has 2 fully saturated rings. The number of halogens is 1. The first kappa shape index (κ1) is 17.9. The Morgan fingerprint density at radius 1 is 1.07 bits per heavy atom. The van der Waals surface area contributed by atoms with Crippen molar-refractivity contribution in [1.29, 1.82) is 0 Å². The van der Waals surface area contributed by atoms with Gasteiger partial charge >= 0.3 is 0 Å². The van der Waals surface area contributed by atoms with Crippen molar-refractivity contribution in [2.24, 2.45) is 0 Å². The molecule has 2 amide bonds. The van der Waals surface area contributed by atoms with Crippen LogP contribution in [0.2, 0.25) is 0 Å². The highest BCUT2D eigenvalue weighted by atomic mass is 19.1. The molecule has 0 radical (unpaired) electrons. The number of fused-ring (bicyclic) bond motifs is 1. The smallest absolute Gasteiger partial charge is 0.255 e. The van der Waals surface area contributed by atoms with Gasteiger partial charge in [0, 0.05) is 36.8 Å². The zero-order valence-electron chi connectivity index (χ0n) is 15.6. The first-order valence-electron chi connectivity index (χ1n) is 9.71. The van der Waals surface area contributed by atoms with E-state index in [0.717, 1.165) is 38.8 Å².